The van der Waals surface area contributed by atoms with E-state index >= 15 is 0 Å². The van der Waals surface area contributed by atoms with Gasteiger partial charge in [0.1, 0.15) is 17.2 Å². The van der Waals surface area contributed by atoms with Crippen LogP contribution < -0.4 is 13.1 Å². The first-order valence-electron chi connectivity index (χ1n) is 6.61. The molecule has 0 heterocycles. The number of rotatable bonds is 4. The van der Waals surface area contributed by atoms with E-state index in [1.807, 2.05) is 54.6 Å². The molecule has 22 heavy (non-hydrogen) atoms. The minimum atomic E-state index is 0.651. The average molecular weight is 330 g/mol. The topological polar surface area (TPSA) is 27.7 Å². The quantitative estimate of drug-likeness (QED) is 0.523. The van der Waals surface area contributed by atoms with Crippen LogP contribution in [0.4, 0.5) is 0 Å². The molecule has 0 atom stereocenters. The van der Waals surface area contributed by atoms with Gasteiger partial charge in [0.2, 0.25) is 0 Å². The number of hydrogen-bond acceptors (Lipinski definition) is 5. The van der Waals surface area contributed by atoms with E-state index in [4.69, 9.17) is 13.1 Å². The molecule has 0 fully saturated rings. The molecule has 0 bridgehead atoms. The molecule has 0 aliphatic carbocycles. The normalized spacial score (nSPS) is 10.5. The third-order valence-corrected chi connectivity index (χ3v) is 3.96. The Hall–Kier alpha value is -1.98. The van der Waals surface area contributed by atoms with Crippen molar-refractivity contribution in [3.05, 3.63) is 54.6 Å². The highest BCUT2D eigenvalue weighted by molar-refractivity contribution is 7.75. The molecule has 3 nitrogen and oxygen atoms in total. The predicted octanol–water partition coefficient (Wildman–Crippen LogP) is 4.96. The maximum Gasteiger partial charge on any atom is 0.144 e. The number of thiol groups is 2. The molecule has 5 heteroatoms. The van der Waals surface area contributed by atoms with Gasteiger partial charge in [-0.3, -0.25) is 0 Å². The summed E-state index contributed by atoms with van der Waals surface area (Å²) in [5.74, 6) is 2.12. The summed E-state index contributed by atoms with van der Waals surface area (Å²) in [5, 5.41) is 2.03. The van der Waals surface area contributed by atoms with Gasteiger partial charge >= 0.3 is 0 Å². The lowest BCUT2D eigenvalue weighted by Gasteiger charge is -2.14. The van der Waals surface area contributed by atoms with Crippen molar-refractivity contribution in [3.8, 4) is 28.4 Å². The van der Waals surface area contributed by atoms with Crippen LogP contribution in [0.1, 0.15) is 0 Å². The summed E-state index contributed by atoms with van der Waals surface area (Å²) < 4.78 is 15.7. The van der Waals surface area contributed by atoms with Gasteiger partial charge in [0.25, 0.3) is 0 Å². The molecular weight excluding hydrogens is 316 g/mol. The second kappa shape index (κ2) is 6.42. The maximum absolute atomic E-state index is 5.48. The molecule has 0 spiro atoms. The standard InChI is InChI=1S/C17H14O3S2/c1-18-16-8-6-11(19-21)10-15(16)13-7-9-17(20-22)14-5-3-2-4-12(13)14/h2-10,21-22H,1H3. The molecular formula is C17H14O3S2. The van der Waals surface area contributed by atoms with Crippen molar-refractivity contribution >= 4 is 36.6 Å². The Kier molecular flexibility index (Phi) is 4.36. The predicted molar refractivity (Wildman–Crippen MR) is 95.2 cm³/mol. The van der Waals surface area contributed by atoms with Crippen molar-refractivity contribution in [2.75, 3.05) is 7.11 Å². The van der Waals surface area contributed by atoms with E-state index in [0.29, 0.717) is 11.5 Å². The van der Waals surface area contributed by atoms with Gasteiger partial charge in [0.15, 0.2) is 0 Å². The molecule has 112 valence electrons. The Labute approximate surface area is 140 Å². The summed E-state index contributed by atoms with van der Waals surface area (Å²) in [6, 6.07) is 17.4. The second-order valence-electron chi connectivity index (χ2n) is 4.70. The first-order valence-corrected chi connectivity index (χ1v) is 7.34. The fraction of sp³-hybridized carbons (Fsp3) is 0.0588. The van der Waals surface area contributed by atoms with Crippen molar-refractivity contribution < 1.29 is 13.1 Å². The molecule has 0 radical (unpaired) electrons. The zero-order chi connectivity index (χ0) is 15.5. The molecule has 0 aromatic heterocycles. The lowest BCUT2D eigenvalue weighted by atomic mass is 9.97. The fourth-order valence-electron chi connectivity index (χ4n) is 2.54. The van der Waals surface area contributed by atoms with Crippen LogP contribution in [-0.4, -0.2) is 7.11 Å². The smallest absolute Gasteiger partial charge is 0.144 e. The van der Waals surface area contributed by atoms with E-state index in [2.05, 4.69) is 25.8 Å². The molecule has 0 aliphatic heterocycles. The van der Waals surface area contributed by atoms with Gasteiger partial charge < -0.3 is 13.1 Å². The summed E-state index contributed by atoms with van der Waals surface area (Å²) in [6.07, 6.45) is 0. The lowest BCUT2D eigenvalue weighted by molar-refractivity contribution is 0.416. The van der Waals surface area contributed by atoms with Crippen LogP contribution in [-0.2, 0) is 0 Å². The molecule has 3 rings (SSSR count). The molecule has 0 aliphatic rings. The first-order chi connectivity index (χ1) is 10.8. The van der Waals surface area contributed by atoms with Crippen molar-refractivity contribution in [3.63, 3.8) is 0 Å². The van der Waals surface area contributed by atoms with Crippen LogP contribution in [0.3, 0.4) is 0 Å². The van der Waals surface area contributed by atoms with Crippen molar-refractivity contribution in [1.82, 2.24) is 0 Å². The van der Waals surface area contributed by atoms with E-state index in [9.17, 15) is 0 Å². The zero-order valence-electron chi connectivity index (χ0n) is 11.8. The molecule has 0 amide bonds. The van der Waals surface area contributed by atoms with E-state index < -0.39 is 0 Å². The Morgan fingerprint density at radius 2 is 1.45 bits per heavy atom. The molecule has 3 aromatic carbocycles. The van der Waals surface area contributed by atoms with Crippen LogP contribution in [0.2, 0.25) is 0 Å². The second-order valence-corrected chi connectivity index (χ2v) is 5.07. The summed E-state index contributed by atoms with van der Waals surface area (Å²) in [4.78, 5) is 0. The van der Waals surface area contributed by atoms with E-state index in [-0.39, 0.29) is 0 Å². The maximum atomic E-state index is 5.48. The molecule has 0 saturated carbocycles. The van der Waals surface area contributed by atoms with Crippen LogP contribution in [0.25, 0.3) is 21.9 Å². The lowest BCUT2D eigenvalue weighted by Crippen LogP contribution is -1.90. The Morgan fingerprint density at radius 3 is 2.14 bits per heavy atom. The van der Waals surface area contributed by atoms with E-state index in [1.165, 1.54) is 0 Å². The highest BCUT2D eigenvalue weighted by Gasteiger charge is 2.13. The van der Waals surface area contributed by atoms with Gasteiger partial charge in [-0.1, -0.05) is 24.3 Å². The van der Waals surface area contributed by atoms with Crippen molar-refractivity contribution in [2.45, 2.75) is 0 Å². The van der Waals surface area contributed by atoms with Crippen molar-refractivity contribution in [1.29, 1.82) is 0 Å². The molecule has 0 unspecified atom stereocenters. The zero-order valence-corrected chi connectivity index (χ0v) is 13.6. The van der Waals surface area contributed by atoms with Gasteiger partial charge in [0.05, 0.1) is 7.11 Å². The van der Waals surface area contributed by atoms with Gasteiger partial charge in [-0.2, -0.15) is 0 Å². The summed E-state index contributed by atoms with van der Waals surface area (Å²) >= 11 is 7.79. The monoisotopic (exact) mass is 330 g/mol. The Balaban J connectivity index is 2.31. The summed E-state index contributed by atoms with van der Waals surface area (Å²) in [6.45, 7) is 0. The van der Waals surface area contributed by atoms with Gasteiger partial charge in [0, 0.05) is 36.8 Å². The number of hydrogen-bond donors (Lipinski definition) is 2. The number of methoxy groups -OCH3 is 1. The van der Waals surface area contributed by atoms with Crippen molar-refractivity contribution in [2.24, 2.45) is 0 Å². The van der Waals surface area contributed by atoms with Crippen LogP contribution in [0.5, 0.6) is 17.2 Å². The number of ether oxygens (including phenoxy) is 1. The first kappa shape index (κ1) is 14.9. The highest BCUT2D eigenvalue weighted by Crippen LogP contribution is 2.40. The third-order valence-electron chi connectivity index (χ3n) is 3.55. The van der Waals surface area contributed by atoms with E-state index in [0.717, 1.165) is 27.6 Å². The van der Waals surface area contributed by atoms with Gasteiger partial charge in [-0.05, 0) is 41.3 Å². The average Bonchev–Trinajstić information content (AvgIpc) is 2.60. The van der Waals surface area contributed by atoms with Crippen LogP contribution >= 0.6 is 25.8 Å². The molecule has 0 saturated heterocycles. The van der Waals surface area contributed by atoms with Gasteiger partial charge in [-0.15, -0.1) is 0 Å². The highest BCUT2D eigenvalue weighted by atomic mass is 32.1. The van der Waals surface area contributed by atoms with Crippen LogP contribution in [0, 0.1) is 0 Å². The van der Waals surface area contributed by atoms with E-state index in [1.54, 1.807) is 7.11 Å². The SMILES string of the molecule is COc1ccc(OS)cc1-c1ccc(OS)c2ccccc12. The Morgan fingerprint density at radius 1 is 0.727 bits per heavy atom. The fourth-order valence-corrected chi connectivity index (χ4v) is 2.81. The largest absolute Gasteiger partial charge is 0.496 e. The summed E-state index contributed by atoms with van der Waals surface area (Å²) in [7, 11) is 1.65. The Bertz CT molecular complexity index is 818. The number of fused-ring (bicyclic) bond motifs is 1. The van der Waals surface area contributed by atoms with Crippen LogP contribution in [0.15, 0.2) is 54.6 Å². The van der Waals surface area contributed by atoms with Gasteiger partial charge in [-0.25, -0.2) is 0 Å². The third kappa shape index (κ3) is 2.58. The minimum Gasteiger partial charge on any atom is -0.496 e. The molecule has 0 N–H and O–H groups in total. The minimum absolute atomic E-state index is 0.651. The number of benzene rings is 3. The summed E-state index contributed by atoms with van der Waals surface area (Å²) in [5.41, 5.74) is 1.95. The molecule has 3 aromatic rings.